The van der Waals surface area contributed by atoms with Crippen LogP contribution in [0.4, 0.5) is 0 Å². The monoisotopic (exact) mass is 373 g/mol. The summed E-state index contributed by atoms with van der Waals surface area (Å²) in [4.78, 5) is 26.2. The van der Waals surface area contributed by atoms with Crippen molar-refractivity contribution in [1.82, 2.24) is 5.32 Å². The van der Waals surface area contributed by atoms with Gasteiger partial charge in [-0.05, 0) is 29.7 Å². The molecule has 27 heavy (non-hydrogen) atoms. The number of carbonyl (C=O) groups is 2. The van der Waals surface area contributed by atoms with E-state index in [1.54, 1.807) is 6.92 Å². The third-order valence-electron chi connectivity index (χ3n) is 4.96. The molecule has 1 aliphatic rings. The molecule has 4 heteroatoms. The number of rotatable bonds is 3. The number of benzene rings is 3. The van der Waals surface area contributed by atoms with Crippen LogP contribution < -0.4 is 21.2 Å². The Labute approximate surface area is 159 Å². The highest BCUT2D eigenvalue weighted by Crippen LogP contribution is 2.47. The number of amides is 1. The fraction of sp³-hybridized carbons (Fsp3) is 0.0870. The zero-order valence-electron chi connectivity index (χ0n) is 15.0. The molecular formula is C23H20NO2P. The van der Waals surface area contributed by atoms with Crippen LogP contribution in [0.5, 0.6) is 0 Å². The second-order valence-electron chi connectivity index (χ2n) is 6.59. The predicted molar refractivity (Wildman–Crippen MR) is 113 cm³/mol. The number of ketones is 1. The minimum Gasteiger partial charge on any atom is -0.342 e. The highest BCUT2D eigenvalue weighted by molar-refractivity contribution is 7.97. The molecule has 1 heterocycles. The third kappa shape index (κ3) is 2.75. The fourth-order valence-electron chi connectivity index (χ4n) is 3.75. The molecule has 0 saturated carbocycles. The second-order valence-corrected chi connectivity index (χ2v) is 9.92. The van der Waals surface area contributed by atoms with E-state index in [4.69, 9.17) is 0 Å². The van der Waals surface area contributed by atoms with Crippen molar-refractivity contribution in [3.63, 3.8) is 0 Å². The summed E-state index contributed by atoms with van der Waals surface area (Å²) in [7, 11) is 0. The standard InChI is InChI=1S/C23H20NO2P/c1-17-21(25)22(23(26)24-17)27(18-11-5-2-6-12-18,19-13-7-3-8-14-19)20-15-9-4-10-16-20/h2-17H,1H3,(H,24,26)/t17-/m0/s1. The maximum absolute atomic E-state index is 13.2. The zero-order chi connectivity index (χ0) is 18.9. The molecule has 3 nitrogen and oxygen atoms in total. The summed E-state index contributed by atoms with van der Waals surface area (Å²) in [6.07, 6.45) is 0. The predicted octanol–water partition coefficient (Wildman–Crippen LogP) is 2.24. The van der Waals surface area contributed by atoms with Gasteiger partial charge in [0.05, 0.1) is 11.3 Å². The number of hydrogen-bond acceptors (Lipinski definition) is 2. The SMILES string of the molecule is C[C@@H]1NC(=O)C(=P(c2ccccc2)(c2ccccc2)c2ccccc2)C1=O. The third-order valence-corrected chi connectivity index (χ3v) is 9.27. The van der Waals surface area contributed by atoms with Gasteiger partial charge >= 0.3 is 0 Å². The van der Waals surface area contributed by atoms with Gasteiger partial charge in [0.25, 0.3) is 5.91 Å². The lowest BCUT2D eigenvalue weighted by Crippen LogP contribution is -2.35. The van der Waals surface area contributed by atoms with E-state index >= 15 is 0 Å². The van der Waals surface area contributed by atoms with Crippen LogP contribution in [0, 0.1) is 0 Å². The van der Waals surface area contributed by atoms with Gasteiger partial charge in [-0.2, -0.15) is 0 Å². The molecule has 0 spiro atoms. The molecule has 3 aromatic carbocycles. The van der Waals surface area contributed by atoms with Crippen LogP contribution in [0.3, 0.4) is 0 Å². The van der Waals surface area contributed by atoms with E-state index in [1.807, 2.05) is 91.0 Å². The first kappa shape index (κ1) is 17.5. The molecule has 1 N–H and O–H groups in total. The Morgan fingerprint density at radius 2 is 1.04 bits per heavy atom. The van der Waals surface area contributed by atoms with Crippen molar-refractivity contribution in [2.24, 2.45) is 0 Å². The Bertz CT molecular complexity index is 940. The molecule has 134 valence electrons. The van der Waals surface area contributed by atoms with Crippen molar-refractivity contribution in [3.05, 3.63) is 91.0 Å². The number of hydrogen-bond donors (Lipinski definition) is 1. The van der Waals surface area contributed by atoms with E-state index in [0.29, 0.717) is 5.29 Å². The van der Waals surface area contributed by atoms with Gasteiger partial charge in [0, 0.05) is 0 Å². The van der Waals surface area contributed by atoms with Crippen molar-refractivity contribution in [1.29, 1.82) is 0 Å². The van der Waals surface area contributed by atoms with E-state index in [0.717, 1.165) is 15.9 Å². The van der Waals surface area contributed by atoms with E-state index in [2.05, 4.69) is 5.32 Å². The Balaban J connectivity index is 2.26. The first-order valence-electron chi connectivity index (χ1n) is 8.94. The van der Waals surface area contributed by atoms with Crippen LogP contribution in [0.2, 0.25) is 0 Å². The van der Waals surface area contributed by atoms with Gasteiger partial charge in [-0.25, -0.2) is 0 Å². The Morgan fingerprint density at radius 1 is 0.667 bits per heavy atom. The lowest BCUT2D eigenvalue weighted by atomic mass is 10.2. The highest BCUT2D eigenvalue weighted by Gasteiger charge is 2.42. The topological polar surface area (TPSA) is 46.2 Å². The highest BCUT2D eigenvalue weighted by atomic mass is 31.2. The maximum Gasteiger partial charge on any atom is 0.256 e. The lowest BCUT2D eigenvalue weighted by Gasteiger charge is -2.30. The second kappa shape index (κ2) is 7.02. The summed E-state index contributed by atoms with van der Waals surface area (Å²) in [6, 6.07) is 29.4. The Morgan fingerprint density at radius 3 is 1.33 bits per heavy atom. The normalized spacial score (nSPS) is 17.1. The van der Waals surface area contributed by atoms with Crippen LogP contribution in [-0.4, -0.2) is 23.0 Å². The van der Waals surface area contributed by atoms with E-state index < -0.39 is 12.9 Å². The molecular weight excluding hydrogens is 353 g/mol. The largest absolute Gasteiger partial charge is 0.342 e. The number of Topliss-reactive ketones (excluding diaryl/α,β-unsaturated/α-hetero) is 1. The van der Waals surface area contributed by atoms with E-state index in [-0.39, 0.29) is 11.7 Å². The van der Waals surface area contributed by atoms with Crippen molar-refractivity contribution in [2.75, 3.05) is 0 Å². The van der Waals surface area contributed by atoms with Crippen molar-refractivity contribution in [2.45, 2.75) is 13.0 Å². The van der Waals surface area contributed by atoms with E-state index in [9.17, 15) is 9.59 Å². The van der Waals surface area contributed by atoms with Crippen molar-refractivity contribution in [3.8, 4) is 0 Å². The average molecular weight is 373 g/mol. The van der Waals surface area contributed by atoms with Crippen molar-refractivity contribution < 1.29 is 9.59 Å². The maximum atomic E-state index is 13.2. The molecule has 1 amide bonds. The molecule has 1 fully saturated rings. The number of nitrogens with one attached hydrogen (secondary N) is 1. The lowest BCUT2D eigenvalue weighted by molar-refractivity contribution is -0.115. The quantitative estimate of drug-likeness (QED) is 0.716. The molecule has 1 atom stereocenters. The molecule has 0 aliphatic carbocycles. The van der Waals surface area contributed by atoms with Gasteiger partial charge in [-0.15, -0.1) is 0 Å². The van der Waals surface area contributed by atoms with Crippen molar-refractivity contribution >= 4 is 39.8 Å². The number of carbonyl (C=O) groups excluding carboxylic acids is 2. The summed E-state index contributed by atoms with van der Waals surface area (Å²) >= 11 is 0. The molecule has 1 saturated heterocycles. The molecule has 1 aliphatic heterocycles. The van der Waals surface area contributed by atoms with Gasteiger partial charge in [-0.1, -0.05) is 91.0 Å². The molecule has 0 radical (unpaired) electrons. The van der Waals surface area contributed by atoms with Gasteiger partial charge in [0.15, 0.2) is 5.78 Å². The molecule has 0 unspecified atom stereocenters. The molecule has 4 rings (SSSR count). The summed E-state index contributed by atoms with van der Waals surface area (Å²) < 4.78 is 0. The van der Waals surface area contributed by atoms with Crippen LogP contribution >= 0.6 is 6.89 Å². The fourth-order valence-corrected chi connectivity index (χ4v) is 8.17. The average Bonchev–Trinajstić information content (AvgIpc) is 2.98. The van der Waals surface area contributed by atoms with Gasteiger partial charge in [-0.3, -0.25) is 9.59 Å². The van der Waals surface area contributed by atoms with Crippen LogP contribution in [0.15, 0.2) is 91.0 Å². The Kier molecular flexibility index (Phi) is 4.55. The minimum absolute atomic E-state index is 0.107. The van der Waals surface area contributed by atoms with Crippen LogP contribution in [0.25, 0.3) is 0 Å². The summed E-state index contributed by atoms with van der Waals surface area (Å²) in [5, 5.41) is 6.25. The summed E-state index contributed by atoms with van der Waals surface area (Å²) in [5.74, 6) is -0.359. The van der Waals surface area contributed by atoms with Gasteiger partial charge in [0.2, 0.25) is 0 Å². The van der Waals surface area contributed by atoms with Gasteiger partial charge < -0.3 is 5.32 Å². The molecule has 0 aromatic heterocycles. The smallest absolute Gasteiger partial charge is 0.256 e. The molecule has 3 aromatic rings. The first-order chi connectivity index (χ1) is 13.2. The zero-order valence-corrected chi connectivity index (χ0v) is 15.9. The Hall–Kier alpha value is -2.90. The minimum atomic E-state index is -2.60. The van der Waals surface area contributed by atoms with E-state index in [1.165, 1.54) is 0 Å². The van der Waals surface area contributed by atoms with Crippen LogP contribution in [-0.2, 0) is 9.59 Å². The summed E-state index contributed by atoms with van der Waals surface area (Å²) in [6.45, 7) is -0.843. The molecule has 0 bridgehead atoms. The van der Waals surface area contributed by atoms with Crippen LogP contribution in [0.1, 0.15) is 6.92 Å². The van der Waals surface area contributed by atoms with Gasteiger partial charge in [0.1, 0.15) is 0 Å². The first-order valence-corrected chi connectivity index (χ1v) is 10.7. The summed E-state index contributed by atoms with van der Waals surface area (Å²) in [5.41, 5.74) is 0.